The van der Waals surface area contributed by atoms with Gasteiger partial charge in [-0.15, -0.1) is 0 Å². The Hall–Kier alpha value is -3.54. The lowest BCUT2D eigenvalue weighted by molar-refractivity contribution is -0.384. The summed E-state index contributed by atoms with van der Waals surface area (Å²) in [5.74, 6) is -0.356. The number of ether oxygens (including phenoxy) is 1. The Kier molecular flexibility index (Phi) is 5.69. The molecule has 0 spiro atoms. The van der Waals surface area contributed by atoms with Crippen molar-refractivity contribution in [2.24, 2.45) is 14.1 Å². The summed E-state index contributed by atoms with van der Waals surface area (Å²) < 4.78 is 6.88. The number of nitro benzene ring substituents is 1. The minimum atomic E-state index is -0.681. The van der Waals surface area contributed by atoms with E-state index in [1.54, 1.807) is 6.92 Å². The summed E-state index contributed by atoms with van der Waals surface area (Å²) in [4.78, 5) is 56.2. The summed E-state index contributed by atoms with van der Waals surface area (Å²) in [5, 5.41) is 10.5. The first-order valence-corrected chi connectivity index (χ1v) is 9.50. The number of non-ortho nitro benzene ring substituents is 1. The number of fused-ring (bicyclic) bond motifs is 1. The molecule has 0 amide bonds. The number of aromatic nitrogens is 4. The SMILES string of the molecule is COC(=O)[C@@H](C)Sc1nc(-c2ccc([N+](=O)[O-])cc2)nc2c1c(=O)n(C)c(=O)n2C. The fourth-order valence-electron chi connectivity index (χ4n) is 2.76. The van der Waals surface area contributed by atoms with Crippen LogP contribution in [0.5, 0.6) is 0 Å². The molecule has 0 fully saturated rings. The molecule has 3 rings (SSSR count). The molecule has 0 saturated carbocycles. The summed E-state index contributed by atoms with van der Waals surface area (Å²) in [6, 6.07) is 5.54. The minimum Gasteiger partial charge on any atom is -0.468 e. The molecule has 30 heavy (non-hydrogen) atoms. The van der Waals surface area contributed by atoms with Crippen LogP contribution in [0.15, 0.2) is 38.9 Å². The van der Waals surface area contributed by atoms with Gasteiger partial charge in [0, 0.05) is 31.8 Å². The second-order valence-corrected chi connectivity index (χ2v) is 7.67. The van der Waals surface area contributed by atoms with Crippen LogP contribution in [0.4, 0.5) is 5.69 Å². The summed E-state index contributed by atoms with van der Waals surface area (Å²) in [6.07, 6.45) is 0. The van der Waals surface area contributed by atoms with Gasteiger partial charge in [0.1, 0.15) is 15.7 Å². The zero-order valence-corrected chi connectivity index (χ0v) is 17.3. The third kappa shape index (κ3) is 3.68. The van der Waals surface area contributed by atoms with Crippen molar-refractivity contribution in [3.8, 4) is 11.4 Å². The number of aryl methyl sites for hydroxylation is 1. The van der Waals surface area contributed by atoms with Crippen LogP contribution in [0.2, 0.25) is 0 Å². The van der Waals surface area contributed by atoms with Crippen LogP contribution >= 0.6 is 11.8 Å². The fourth-order valence-corrected chi connectivity index (χ4v) is 3.72. The molecule has 1 aromatic carbocycles. The Bertz CT molecular complexity index is 1280. The Morgan fingerprint density at radius 2 is 1.80 bits per heavy atom. The number of carbonyl (C=O) groups excluding carboxylic acids is 1. The van der Waals surface area contributed by atoms with Crippen molar-refractivity contribution in [2.45, 2.75) is 17.2 Å². The highest BCUT2D eigenvalue weighted by Gasteiger charge is 2.23. The van der Waals surface area contributed by atoms with Gasteiger partial charge in [-0.1, -0.05) is 11.8 Å². The molecule has 0 saturated heterocycles. The average molecular weight is 431 g/mol. The van der Waals surface area contributed by atoms with Crippen LogP contribution < -0.4 is 11.2 Å². The lowest BCUT2D eigenvalue weighted by atomic mass is 10.2. The number of methoxy groups -OCH3 is 1. The quantitative estimate of drug-likeness (QED) is 0.192. The maximum atomic E-state index is 12.8. The number of nitro groups is 1. The van der Waals surface area contributed by atoms with Gasteiger partial charge in [0.05, 0.1) is 12.0 Å². The molecule has 2 heterocycles. The molecule has 2 aromatic heterocycles. The van der Waals surface area contributed by atoms with Crippen LogP contribution in [0, 0.1) is 10.1 Å². The van der Waals surface area contributed by atoms with Crippen molar-refractivity contribution in [3.63, 3.8) is 0 Å². The van der Waals surface area contributed by atoms with Gasteiger partial charge in [-0.2, -0.15) is 0 Å². The molecule has 156 valence electrons. The maximum absolute atomic E-state index is 12.8. The first-order chi connectivity index (χ1) is 14.1. The summed E-state index contributed by atoms with van der Waals surface area (Å²) in [7, 11) is 4.06. The van der Waals surface area contributed by atoms with E-state index in [2.05, 4.69) is 9.97 Å². The van der Waals surface area contributed by atoms with Crippen molar-refractivity contribution in [1.29, 1.82) is 0 Å². The van der Waals surface area contributed by atoms with Gasteiger partial charge in [0.15, 0.2) is 11.5 Å². The summed E-state index contributed by atoms with van der Waals surface area (Å²) >= 11 is 0.997. The smallest absolute Gasteiger partial charge is 0.332 e. The molecule has 0 unspecified atom stereocenters. The largest absolute Gasteiger partial charge is 0.468 e. The summed E-state index contributed by atoms with van der Waals surface area (Å²) in [5.41, 5.74) is -0.732. The summed E-state index contributed by atoms with van der Waals surface area (Å²) in [6.45, 7) is 1.60. The van der Waals surface area contributed by atoms with E-state index in [4.69, 9.17) is 4.74 Å². The van der Waals surface area contributed by atoms with Crippen molar-refractivity contribution in [3.05, 3.63) is 55.2 Å². The molecular formula is C18H17N5O6S. The van der Waals surface area contributed by atoms with E-state index in [1.165, 1.54) is 50.0 Å². The van der Waals surface area contributed by atoms with Crippen molar-refractivity contribution < 1.29 is 14.5 Å². The molecule has 0 aliphatic rings. The van der Waals surface area contributed by atoms with Crippen LogP contribution in [0.3, 0.4) is 0 Å². The number of thioether (sulfide) groups is 1. The van der Waals surface area contributed by atoms with E-state index >= 15 is 0 Å². The van der Waals surface area contributed by atoms with Crippen LogP contribution in [-0.2, 0) is 23.6 Å². The molecule has 12 heteroatoms. The Labute approximate surface area is 173 Å². The van der Waals surface area contributed by atoms with Crippen molar-refractivity contribution in [2.75, 3.05) is 7.11 Å². The highest BCUT2D eigenvalue weighted by molar-refractivity contribution is 8.00. The number of rotatable bonds is 5. The third-order valence-corrected chi connectivity index (χ3v) is 5.49. The number of nitrogens with zero attached hydrogens (tertiary/aromatic N) is 5. The van der Waals surface area contributed by atoms with Gasteiger partial charge in [0.25, 0.3) is 11.2 Å². The highest BCUT2D eigenvalue weighted by Crippen LogP contribution is 2.29. The van der Waals surface area contributed by atoms with Gasteiger partial charge < -0.3 is 4.74 Å². The first kappa shape index (κ1) is 21.2. The predicted octanol–water partition coefficient (Wildman–Crippen LogP) is 1.26. The molecule has 0 N–H and O–H groups in total. The van der Waals surface area contributed by atoms with E-state index in [1.807, 2.05) is 0 Å². The second-order valence-electron chi connectivity index (χ2n) is 6.34. The van der Waals surface area contributed by atoms with Crippen molar-refractivity contribution >= 4 is 34.5 Å². The maximum Gasteiger partial charge on any atom is 0.332 e. The highest BCUT2D eigenvalue weighted by atomic mass is 32.2. The van der Waals surface area contributed by atoms with Gasteiger partial charge in [-0.05, 0) is 19.1 Å². The van der Waals surface area contributed by atoms with Crippen LogP contribution in [-0.4, -0.2) is 42.4 Å². The number of benzene rings is 1. The normalized spacial score (nSPS) is 12.0. The van der Waals surface area contributed by atoms with Gasteiger partial charge in [-0.3, -0.25) is 28.8 Å². The minimum absolute atomic E-state index is 0.0889. The second kappa shape index (κ2) is 8.06. The Morgan fingerprint density at radius 1 is 1.17 bits per heavy atom. The van der Waals surface area contributed by atoms with E-state index in [-0.39, 0.29) is 27.6 Å². The van der Waals surface area contributed by atoms with Crippen LogP contribution in [0.1, 0.15) is 6.92 Å². The molecule has 0 aliphatic heterocycles. The molecular weight excluding hydrogens is 414 g/mol. The van der Waals surface area contributed by atoms with E-state index < -0.39 is 27.4 Å². The van der Waals surface area contributed by atoms with Gasteiger partial charge in [0.2, 0.25) is 0 Å². The monoisotopic (exact) mass is 431 g/mol. The standard InChI is InChI=1S/C18H17N5O6S/c1-9(17(25)29-4)30-15-12-14(21(2)18(26)22(3)16(12)24)19-13(20-15)10-5-7-11(8-6-10)23(27)28/h5-9H,1-4H3/t9-/m1/s1. The Balaban J connectivity index is 2.30. The number of hydrogen-bond donors (Lipinski definition) is 0. The number of esters is 1. The molecule has 3 aromatic rings. The number of hydrogen-bond acceptors (Lipinski definition) is 9. The average Bonchev–Trinajstić information content (AvgIpc) is 2.75. The first-order valence-electron chi connectivity index (χ1n) is 8.62. The number of carbonyl (C=O) groups is 1. The van der Waals surface area contributed by atoms with E-state index in [0.29, 0.717) is 5.56 Å². The Morgan fingerprint density at radius 3 is 2.37 bits per heavy atom. The molecule has 0 aliphatic carbocycles. The van der Waals surface area contributed by atoms with Gasteiger partial charge >= 0.3 is 11.7 Å². The zero-order chi connectivity index (χ0) is 22.2. The molecule has 0 radical (unpaired) electrons. The zero-order valence-electron chi connectivity index (χ0n) is 16.5. The van der Waals surface area contributed by atoms with Gasteiger partial charge in [-0.25, -0.2) is 14.8 Å². The predicted molar refractivity (Wildman–Crippen MR) is 109 cm³/mol. The fraction of sp³-hybridized carbons (Fsp3) is 0.278. The lowest BCUT2D eigenvalue weighted by Gasteiger charge is -2.14. The van der Waals surface area contributed by atoms with Crippen LogP contribution in [0.25, 0.3) is 22.4 Å². The van der Waals surface area contributed by atoms with Crippen molar-refractivity contribution in [1.82, 2.24) is 19.1 Å². The lowest BCUT2D eigenvalue weighted by Crippen LogP contribution is -2.37. The molecule has 0 bridgehead atoms. The third-order valence-electron chi connectivity index (χ3n) is 4.42. The molecule has 11 nitrogen and oxygen atoms in total. The molecule has 1 atom stereocenters. The topological polar surface area (TPSA) is 139 Å². The van der Waals surface area contributed by atoms with E-state index in [0.717, 1.165) is 16.3 Å². The van der Waals surface area contributed by atoms with E-state index in [9.17, 15) is 24.5 Å².